The fraction of sp³-hybridized carbons (Fsp3) is 0.111. The molecule has 0 spiro atoms. The fourth-order valence-corrected chi connectivity index (χ4v) is 5.98. The summed E-state index contributed by atoms with van der Waals surface area (Å²) in [5, 5.41) is 0. The summed E-state index contributed by atoms with van der Waals surface area (Å²) < 4.78 is 61.9. The summed E-state index contributed by atoms with van der Waals surface area (Å²) in [5.41, 5.74) is 5.27. The van der Waals surface area contributed by atoms with Crippen molar-refractivity contribution < 1.29 is 25.2 Å². The largest absolute Gasteiger partial charge is 0.379 e. The Hall–Kier alpha value is -3.62. The lowest BCUT2D eigenvalue weighted by atomic mass is 10.1. The maximum Gasteiger partial charge on any atom is 0.339 e. The van der Waals surface area contributed by atoms with Crippen molar-refractivity contribution >= 4 is 20.2 Å². The quantitative estimate of drug-likeness (QED) is 0.286. The first kappa shape index (κ1) is 23.1. The Morgan fingerprint density at radius 1 is 0.543 bits per heavy atom. The van der Waals surface area contributed by atoms with Crippen LogP contribution in [0.2, 0.25) is 0 Å². The molecular formula is C27H22O6S2. The average molecular weight is 507 g/mol. The van der Waals surface area contributed by atoms with Gasteiger partial charge in [-0.3, -0.25) is 0 Å². The van der Waals surface area contributed by atoms with Crippen LogP contribution in [0.3, 0.4) is 0 Å². The van der Waals surface area contributed by atoms with E-state index in [1.54, 1.807) is 72.8 Å². The van der Waals surface area contributed by atoms with Crippen LogP contribution < -0.4 is 8.37 Å². The lowest BCUT2D eigenvalue weighted by Gasteiger charge is -2.09. The van der Waals surface area contributed by atoms with Gasteiger partial charge in [0.25, 0.3) is 0 Å². The zero-order valence-electron chi connectivity index (χ0n) is 19.1. The fourth-order valence-electron chi connectivity index (χ4n) is 4.01. The second-order valence-electron chi connectivity index (χ2n) is 8.52. The molecule has 0 radical (unpaired) electrons. The lowest BCUT2D eigenvalue weighted by molar-refractivity contribution is 0.484. The number of aryl methyl sites for hydroxylation is 2. The number of hydrogen-bond donors (Lipinski definition) is 0. The summed E-state index contributed by atoms with van der Waals surface area (Å²) in [6, 6.07) is 23.2. The standard InChI is InChI=1S/C27H22O6S2/c1-18-3-7-22(8-4-18)32-34(28,29)24-11-13-26-20(16-24)15-21-17-25(12-14-27(21)26)35(30,31)33-23-9-5-19(2)6-10-23/h3-14,16-17H,15H2,1-2H3. The number of fused-ring (bicyclic) bond motifs is 3. The van der Waals surface area contributed by atoms with Gasteiger partial charge in [-0.2, -0.15) is 16.8 Å². The third kappa shape index (κ3) is 4.67. The van der Waals surface area contributed by atoms with Crippen LogP contribution in [0.4, 0.5) is 0 Å². The summed E-state index contributed by atoms with van der Waals surface area (Å²) >= 11 is 0. The van der Waals surface area contributed by atoms with Crippen LogP contribution in [-0.2, 0) is 26.7 Å². The van der Waals surface area contributed by atoms with Crippen molar-refractivity contribution in [3.8, 4) is 22.6 Å². The van der Waals surface area contributed by atoms with Gasteiger partial charge in [0, 0.05) is 0 Å². The molecule has 4 aromatic carbocycles. The van der Waals surface area contributed by atoms with Crippen LogP contribution in [0.1, 0.15) is 22.3 Å². The van der Waals surface area contributed by atoms with E-state index in [0.717, 1.165) is 33.4 Å². The Morgan fingerprint density at radius 3 is 1.29 bits per heavy atom. The third-order valence-corrected chi connectivity index (χ3v) is 8.34. The molecule has 1 aliphatic carbocycles. The smallest absolute Gasteiger partial charge is 0.339 e. The van der Waals surface area contributed by atoms with E-state index < -0.39 is 20.2 Å². The summed E-state index contributed by atoms with van der Waals surface area (Å²) in [7, 11) is -8.04. The van der Waals surface area contributed by atoms with Crippen LogP contribution >= 0.6 is 0 Å². The number of hydrogen-bond acceptors (Lipinski definition) is 6. The van der Waals surface area contributed by atoms with E-state index in [2.05, 4.69) is 0 Å². The van der Waals surface area contributed by atoms with Crippen LogP contribution in [0, 0.1) is 13.8 Å². The highest BCUT2D eigenvalue weighted by Crippen LogP contribution is 2.39. The van der Waals surface area contributed by atoms with Gasteiger partial charge in [0.05, 0.1) is 0 Å². The maximum absolute atomic E-state index is 12.8. The van der Waals surface area contributed by atoms with Gasteiger partial charge in [-0.05, 0) is 91.1 Å². The minimum absolute atomic E-state index is 0.0418. The molecule has 0 unspecified atom stereocenters. The highest BCUT2D eigenvalue weighted by molar-refractivity contribution is 7.87. The molecule has 1 aliphatic rings. The third-order valence-electron chi connectivity index (χ3n) is 5.86. The molecule has 0 atom stereocenters. The number of rotatable bonds is 6. The topological polar surface area (TPSA) is 86.7 Å². The van der Waals surface area contributed by atoms with Gasteiger partial charge in [0.15, 0.2) is 0 Å². The second-order valence-corrected chi connectivity index (χ2v) is 11.6. The molecule has 0 aliphatic heterocycles. The normalized spacial score (nSPS) is 12.6. The molecule has 0 heterocycles. The molecule has 0 fully saturated rings. The minimum Gasteiger partial charge on any atom is -0.379 e. The van der Waals surface area contributed by atoms with Crippen LogP contribution in [-0.4, -0.2) is 16.8 Å². The van der Waals surface area contributed by atoms with Crippen LogP contribution in [0.15, 0.2) is 94.7 Å². The zero-order valence-corrected chi connectivity index (χ0v) is 20.7. The first-order valence-electron chi connectivity index (χ1n) is 10.9. The molecular weight excluding hydrogens is 484 g/mol. The Kier molecular flexibility index (Phi) is 5.65. The molecule has 35 heavy (non-hydrogen) atoms. The molecule has 0 N–H and O–H groups in total. The SMILES string of the molecule is Cc1ccc(OS(=O)(=O)c2ccc3c(c2)Cc2cc(S(=O)(=O)Oc4ccc(C)cc4)ccc2-3)cc1. The zero-order chi connectivity index (χ0) is 24.8. The van der Waals surface area contributed by atoms with Crippen molar-refractivity contribution in [2.45, 2.75) is 30.1 Å². The monoisotopic (exact) mass is 506 g/mol. The molecule has 178 valence electrons. The van der Waals surface area contributed by atoms with Crippen LogP contribution in [0.25, 0.3) is 11.1 Å². The van der Waals surface area contributed by atoms with Gasteiger partial charge in [-0.25, -0.2) is 0 Å². The molecule has 0 saturated carbocycles. The van der Waals surface area contributed by atoms with Crippen molar-refractivity contribution in [1.82, 2.24) is 0 Å². The van der Waals surface area contributed by atoms with Gasteiger partial charge in [-0.15, -0.1) is 0 Å². The minimum atomic E-state index is -4.02. The highest BCUT2D eigenvalue weighted by Gasteiger charge is 2.26. The Balaban J connectivity index is 1.40. The van der Waals surface area contributed by atoms with Gasteiger partial charge in [0.1, 0.15) is 21.3 Å². The molecule has 5 rings (SSSR count). The Bertz CT molecular complexity index is 1510. The summed E-state index contributed by atoms with van der Waals surface area (Å²) in [6.45, 7) is 3.81. The van der Waals surface area contributed by atoms with E-state index >= 15 is 0 Å². The molecule has 6 nitrogen and oxygen atoms in total. The van der Waals surface area contributed by atoms with Gasteiger partial charge >= 0.3 is 20.2 Å². The Morgan fingerprint density at radius 2 is 0.914 bits per heavy atom. The Labute approximate surface area is 205 Å². The first-order chi connectivity index (χ1) is 16.6. The van der Waals surface area contributed by atoms with Crippen molar-refractivity contribution in [2.24, 2.45) is 0 Å². The lowest BCUT2D eigenvalue weighted by Crippen LogP contribution is -2.10. The van der Waals surface area contributed by atoms with Crippen LogP contribution in [0.5, 0.6) is 11.5 Å². The van der Waals surface area contributed by atoms with Gasteiger partial charge in [-0.1, -0.05) is 47.5 Å². The van der Waals surface area contributed by atoms with E-state index in [-0.39, 0.29) is 21.3 Å². The van der Waals surface area contributed by atoms with Crippen molar-refractivity contribution in [1.29, 1.82) is 0 Å². The highest BCUT2D eigenvalue weighted by atomic mass is 32.2. The van der Waals surface area contributed by atoms with E-state index in [1.807, 2.05) is 13.8 Å². The van der Waals surface area contributed by atoms with E-state index in [4.69, 9.17) is 8.37 Å². The van der Waals surface area contributed by atoms with Crippen molar-refractivity contribution in [3.63, 3.8) is 0 Å². The molecule has 0 aromatic heterocycles. The van der Waals surface area contributed by atoms with Gasteiger partial charge in [0.2, 0.25) is 0 Å². The van der Waals surface area contributed by atoms with Gasteiger partial charge < -0.3 is 8.37 Å². The molecule has 0 bridgehead atoms. The number of benzene rings is 4. The molecule has 4 aromatic rings. The van der Waals surface area contributed by atoms with Crippen molar-refractivity contribution in [2.75, 3.05) is 0 Å². The van der Waals surface area contributed by atoms with Crippen molar-refractivity contribution in [3.05, 3.63) is 107 Å². The maximum atomic E-state index is 12.8. The van der Waals surface area contributed by atoms with E-state index in [1.165, 1.54) is 12.1 Å². The first-order valence-corrected chi connectivity index (χ1v) is 13.7. The second kappa shape index (κ2) is 8.55. The predicted octanol–water partition coefficient (Wildman–Crippen LogP) is 5.41. The van der Waals surface area contributed by atoms with E-state index in [0.29, 0.717) is 6.42 Å². The molecule has 8 heteroatoms. The molecule has 0 saturated heterocycles. The molecule has 0 amide bonds. The summed E-state index contributed by atoms with van der Waals surface area (Å²) in [4.78, 5) is 0.0837. The summed E-state index contributed by atoms with van der Waals surface area (Å²) in [5.74, 6) is 0.477. The predicted molar refractivity (Wildman–Crippen MR) is 133 cm³/mol. The average Bonchev–Trinajstić information content (AvgIpc) is 3.19. The summed E-state index contributed by atoms with van der Waals surface area (Å²) in [6.07, 6.45) is 0.395. The van der Waals surface area contributed by atoms with E-state index in [9.17, 15) is 16.8 Å².